The Kier molecular flexibility index (Phi) is 6.50. The van der Waals surface area contributed by atoms with Crippen molar-refractivity contribution in [2.45, 2.75) is 6.54 Å². The van der Waals surface area contributed by atoms with Crippen LogP contribution in [0.25, 0.3) is 6.08 Å². The van der Waals surface area contributed by atoms with Gasteiger partial charge in [-0.3, -0.25) is 20.4 Å². The summed E-state index contributed by atoms with van der Waals surface area (Å²) in [6.45, 7) is -0.0155. The predicted octanol–water partition coefficient (Wildman–Crippen LogP) is 0.937. The SMILES string of the molecule is O=C(COC(=O)/C=C/c1cn(Cc2ccccc2)nn1)NNC(=O)c1ccco1. The minimum atomic E-state index is -0.741. The monoisotopic (exact) mass is 395 g/mol. The number of nitrogens with zero attached hydrogens (tertiary/aromatic N) is 3. The Hall–Kier alpha value is -4.21. The van der Waals surface area contributed by atoms with Crippen molar-refractivity contribution in [3.8, 4) is 0 Å². The third kappa shape index (κ3) is 6.17. The Morgan fingerprint density at radius 2 is 1.93 bits per heavy atom. The van der Waals surface area contributed by atoms with Crippen LogP contribution in [-0.4, -0.2) is 39.4 Å². The second-order valence-electron chi connectivity index (χ2n) is 5.75. The first-order chi connectivity index (χ1) is 14.1. The van der Waals surface area contributed by atoms with Crippen LogP contribution in [0.15, 0.2) is 65.4 Å². The number of nitrogens with one attached hydrogen (secondary N) is 2. The van der Waals surface area contributed by atoms with Gasteiger partial charge in [-0.1, -0.05) is 35.5 Å². The van der Waals surface area contributed by atoms with Crippen LogP contribution in [0.4, 0.5) is 0 Å². The van der Waals surface area contributed by atoms with E-state index in [1.165, 1.54) is 24.5 Å². The Bertz CT molecular complexity index is 995. The zero-order chi connectivity index (χ0) is 20.5. The molecule has 0 fully saturated rings. The molecule has 2 aromatic heterocycles. The second-order valence-corrected chi connectivity index (χ2v) is 5.75. The highest BCUT2D eigenvalue weighted by molar-refractivity contribution is 5.93. The molecule has 148 valence electrons. The molecule has 0 bridgehead atoms. The highest BCUT2D eigenvalue weighted by Gasteiger charge is 2.10. The van der Waals surface area contributed by atoms with Crippen LogP contribution in [0.1, 0.15) is 21.8 Å². The van der Waals surface area contributed by atoms with Crippen LogP contribution >= 0.6 is 0 Å². The van der Waals surface area contributed by atoms with Crippen molar-refractivity contribution in [3.05, 3.63) is 78.0 Å². The fourth-order valence-corrected chi connectivity index (χ4v) is 2.21. The zero-order valence-corrected chi connectivity index (χ0v) is 15.1. The quantitative estimate of drug-likeness (QED) is 0.346. The second kappa shape index (κ2) is 9.65. The molecule has 3 rings (SSSR count). The number of ether oxygens (including phenoxy) is 1. The number of amides is 2. The molecular weight excluding hydrogens is 378 g/mol. The summed E-state index contributed by atoms with van der Waals surface area (Å²) in [5, 5.41) is 7.91. The number of furan rings is 1. The molecule has 3 aromatic rings. The van der Waals surface area contributed by atoms with Gasteiger partial charge >= 0.3 is 11.9 Å². The summed E-state index contributed by atoms with van der Waals surface area (Å²) in [7, 11) is 0. The summed E-state index contributed by atoms with van der Waals surface area (Å²) in [5.41, 5.74) is 5.76. The van der Waals surface area contributed by atoms with Crippen LogP contribution in [0, 0.1) is 0 Å². The number of carbonyl (C=O) groups is 3. The van der Waals surface area contributed by atoms with Gasteiger partial charge in [0.1, 0.15) is 5.69 Å². The molecule has 0 spiro atoms. The Morgan fingerprint density at radius 3 is 2.69 bits per heavy atom. The largest absolute Gasteiger partial charge is 0.459 e. The van der Waals surface area contributed by atoms with Crippen LogP contribution in [0.5, 0.6) is 0 Å². The van der Waals surface area contributed by atoms with E-state index in [-0.39, 0.29) is 5.76 Å². The smallest absolute Gasteiger partial charge is 0.331 e. The maximum Gasteiger partial charge on any atom is 0.331 e. The van der Waals surface area contributed by atoms with Crippen molar-refractivity contribution in [1.29, 1.82) is 0 Å². The fourth-order valence-electron chi connectivity index (χ4n) is 2.21. The lowest BCUT2D eigenvalue weighted by atomic mass is 10.2. The van der Waals surface area contributed by atoms with Crippen LogP contribution in [0.2, 0.25) is 0 Å². The number of esters is 1. The minimum Gasteiger partial charge on any atom is -0.459 e. The van der Waals surface area contributed by atoms with Crippen molar-refractivity contribution in [3.63, 3.8) is 0 Å². The molecule has 0 saturated carbocycles. The molecule has 29 heavy (non-hydrogen) atoms. The van der Waals surface area contributed by atoms with E-state index in [0.717, 1.165) is 11.6 Å². The highest BCUT2D eigenvalue weighted by Crippen LogP contribution is 2.03. The molecule has 0 unspecified atom stereocenters. The van der Waals surface area contributed by atoms with Crippen LogP contribution in [-0.2, 0) is 20.9 Å². The first-order valence-corrected chi connectivity index (χ1v) is 8.52. The summed E-state index contributed by atoms with van der Waals surface area (Å²) >= 11 is 0. The van der Waals surface area contributed by atoms with Gasteiger partial charge in [-0.05, 0) is 23.8 Å². The van der Waals surface area contributed by atoms with E-state index in [1.54, 1.807) is 10.9 Å². The van der Waals surface area contributed by atoms with Crippen molar-refractivity contribution in [2.75, 3.05) is 6.61 Å². The minimum absolute atomic E-state index is 0.0329. The molecule has 2 amide bonds. The number of hydrogen-bond acceptors (Lipinski definition) is 7. The van der Waals surface area contributed by atoms with Gasteiger partial charge in [0.25, 0.3) is 5.91 Å². The van der Waals surface area contributed by atoms with Crippen molar-refractivity contribution >= 4 is 23.9 Å². The van der Waals surface area contributed by atoms with Gasteiger partial charge in [-0.25, -0.2) is 9.48 Å². The molecule has 0 aliphatic heterocycles. The summed E-state index contributed by atoms with van der Waals surface area (Å²) in [5.74, 6) is -2.05. The lowest BCUT2D eigenvalue weighted by Gasteiger charge is -2.05. The summed E-state index contributed by atoms with van der Waals surface area (Å²) in [4.78, 5) is 34.9. The van der Waals surface area contributed by atoms with E-state index in [0.29, 0.717) is 12.2 Å². The molecular formula is C19H17N5O5. The average Bonchev–Trinajstić information content (AvgIpc) is 3.42. The molecule has 0 atom stereocenters. The predicted molar refractivity (Wildman–Crippen MR) is 99.9 cm³/mol. The number of benzene rings is 1. The maximum atomic E-state index is 11.7. The van der Waals surface area contributed by atoms with E-state index in [9.17, 15) is 14.4 Å². The molecule has 0 aliphatic carbocycles. The molecule has 10 nitrogen and oxygen atoms in total. The Morgan fingerprint density at radius 1 is 1.10 bits per heavy atom. The molecule has 0 saturated heterocycles. The van der Waals surface area contributed by atoms with Crippen molar-refractivity contribution in [2.24, 2.45) is 0 Å². The first-order valence-electron chi connectivity index (χ1n) is 8.52. The third-order valence-electron chi connectivity index (χ3n) is 3.54. The number of carbonyl (C=O) groups excluding carboxylic acids is 3. The van der Waals surface area contributed by atoms with Crippen LogP contribution < -0.4 is 10.9 Å². The Balaban J connectivity index is 1.39. The molecule has 2 heterocycles. The maximum absolute atomic E-state index is 11.7. The van der Waals surface area contributed by atoms with Gasteiger partial charge in [-0.2, -0.15) is 0 Å². The topological polar surface area (TPSA) is 128 Å². The normalized spacial score (nSPS) is 10.6. The molecule has 0 radical (unpaired) electrons. The summed E-state index contributed by atoms with van der Waals surface area (Å²) in [6, 6.07) is 12.7. The number of hydrazine groups is 1. The van der Waals surface area contributed by atoms with Crippen LogP contribution in [0.3, 0.4) is 0 Å². The molecule has 1 aromatic carbocycles. The van der Waals surface area contributed by atoms with E-state index < -0.39 is 24.4 Å². The van der Waals surface area contributed by atoms with Gasteiger partial charge in [0.05, 0.1) is 19.0 Å². The van der Waals surface area contributed by atoms with Crippen molar-refractivity contribution in [1.82, 2.24) is 25.8 Å². The first kappa shape index (κ1) is 19.5. The zero-order valence-electron chi connectivity index (χ0n) is 15.1. The molecule has 2 N–H and O–H groups in total. The summed E-state index contributed by atoms with van der Waals surface area (Å²) < 4.78 is 11.3. The lowest BCUT2D eigenvalue weighted by Crippen LogP contribution is -2.43. The number of rotatable bonds is 7. The van der Waals surface area contributed by atoms with E-state index >= 15 is 0 Å². The Labute approximate surface area is 165 Å². The number of aromatic nitrogens is 3. The number of hydrogen-bond donors (Lipinski definition) is 2. The lowest BCUT2D eigenvalue weighted by molar-refractivity contribution is -0.144. The van der Waals surface area contributed by atoms with Gasteiger partial charge in [0.15, 0.2) is 12.4 Å². The third-order valence-corrected chi connectivity index (χ3v) is 3.54. The van der Waals surface area contributed by atoms with E-state index in [4.69, 9.17) is 9.15 Å². The standard InChI is InChI=1S/C19H17N5O5/c25-17(21-22-19(27)16-7-4-10-28-16)13-29-18(26)9-8-15-12-24(23-20-15)11-14-5-2-1-3-6-14/h1-10,12H,11,13H2,(H,21,25)(H,22,27)/b9-8+. The van der Waals surface area contributed by atoms with Gasteiger partial charge in [0.2, 0.25) is 0 Å². The van der Waals surface area contributed by atoms with Gasteiger partial charge in [0, 0.05) is 6.08 Å². The summed E-state index contributed by atoms with van der Waals surface area (Å²) in [6.07, 6.45) is 5.55. The fraction of sp³-hybridized carbons (Fsp3) is 0.105. The van der Waals surface area contributed by atoms with E-state index in [2.05, 4.69) is 21.2 Å². The molecule has 10 heteroatoms. The average molecular weight is 395 g/mol. The highest BCUT2D eigenvalue weighted by atomic mass is 16.5. The molecule has 0 aliphatic rings. The van der Waals surface area contributed by atoms with Gasteiger partial charge in [-0.15, -0.1) is 5.10 Å². The van der Waals surface area contributed by atoms with E-state index in [1.807, 2.05) is 30.3 Å². The van der Waals surface area contributed by atoms with Crippen molar-refractivity contribution < 1.29 is 23.5 Å². The van der Waals surface area contributed by atoms with Gasteiger partial charge < -0.3 is 9.15 Å².